The first-order chi connectivity index (χ1) is 13.0. The van der Waals surface area contributed by atoms with Crippen LogP contribution in [-0.4, -0.2) is 31.1 Å². The first kappa shape index (κ1) is 20.5. The molecule has 0 heterocycles. The van der Waals surface area contributed by atoms with Gasteiger partial charge in [-0.2, -0.15) is 0 Å². The maximum Gasteiger partial charge on any atom is 0.514 e. The van der Waals surface area contributed by atoms with Crippen molar-refractivity contribution in [1.29, 1.82) is 0 Å². The molecular weight excluding hydrogens is 372 g/mol. The number of rotatable bonds is 8. The maximum absolute atomic E-state index is 12.7. The average molecular weight is 391 g/mol. The first-order valence-corrected chi connectivity index (χ1v) is 8.67. The molecule has 0 saturated carbocycles. The summed E-state index contributed by atoms with van der Waals surface area (Å²) in [7, 11) is 1.28. The van der Waals surface area contributed by atoms with Crippen LogP contribution in [0.3, 0.4) is 0 Å². The number of ether oxygens (including phenoxy) is 3. The molecule has 2 aromatic rings. The molecule has 0 bridgehead atoms. The van der Waals surface area contributed by atoms with Crippen molar-refractivity contribution in [2.45, 2.75) is 25.4 Å². The van der Waals surface area contributed by atoms with E-state index >= 15 is 0 Å². The van der Waals surface area contributed by atoms with Crippen molar-refractivity contribution in [2.24, 2.45) is 0 Å². The topological polar surface area (TPSA) is 78.9 Å². The van der Waals surface area contributed by atoms with Crippen LogP contribution in [0.5, 0.6) is 5.75 Å². The fourth-order valence-electron chi connectivity index (χ4n) is 2.30. The van der Waals surface area contributed by atoms with Crippen LogP contribution in [0.1, 0.15) is 29.6 Å². The summed E-state index contributed by atoms with van der Waals surface area (Å²) in [5.74, 6) is -0.504. The molecule has 0 spiro atoms. The Labute approximate surface area is 162 Å². The summed E-state index contributed by atoms with van der Waals surface area (Å²) in [5.41, 5.74) is 0.343. The molecule has 6 nitrogen and oxygen atoms in total. The van der Waals surface area contributed by atoms with E-state index in [2.05, 4.69) is 4.74 Å². The van der Waals surface area contributed by atoms with E-state index in [-0.39, 0.29) is 12.8 Å². The zero-order valence-corrected chi connectivity index (χ0v) is 15.5. The zero-order valence-electron chi connectivity index (χ0n) is 14.7. The van der Waals surface area contributed by atoms with E-state index < -0.39 is 24.0 Å². The van der Waals surface area contributed by atoms with Gasteiger partial charge in [-0.15, -0.1) is 0 Å². The van der Waals surface area contributed by atoms with Gasteiger partial charge in [0.2, 0.25) is 5.78 Å². The molecule has 0 aliphatic carbocycles. The fraction of sp³-hybridized carbons (Fsp3) is 0.250. The van der Waals surface area contributed by atoms with Crippen molar-refractivity contribution >= 4 is 29.5 Å². The number of Topliss-reactive ketones (excluding diaryl/α,β-unsaturated/α-hetero) is 1. The molecule has 2 rings (SSSR count). The molecule has 0 aliphatic heterocycles. The molecule has 7 heteroatoms. The molecule has 142 valence electrons. The lowest BCUT2D eigenvalue weighted by molar-refractivity contribution is -0.140. The van der Waals surface area contributed by atoms with Crippen LogP contribution >= 0.6 is 11.6 Å². The number of hydrogen-bond donors (Lipinski definition) is 0. The molecule has 0 amide bonds. The normalized spacial score (nSPS) is 11.3. The van der Waals surface area contributed by atoms with Crippen molar-refractivity contribution in [3.8, 4) is 5.75 Å². The van der Waals surface area contributed by atoms with Crippen LogP contribution in [-0.2, 0) is 14.3 Å². The highest BCUT2D eigenvalue weighted by Crippen LogP contribution is 2.17. The lowest BCUT2D eigenvalue weighted by Gasteiger charge is -2.16. The lowest BCUT2D eigenvalue weighted by atomic mass is 10.0. The third kappa shape index (κ3) is 6.75. The molecular formula is C20H19ClO6. The molecule has 2 aromatic carbocycles. The summed E-state index contributed by atoms with van der Waals surface area (Å²) in [6.07, 6.45) is -1.51. The summed E-state index contributed by atoms with van der Waals surface area (Å²) in [4.78, 5) is 36.0. The molecule has 0 saturated heterocycles. The summed E-state index contributed by atoms with van der Waals surface area (Å²) >= 11 is 5.84. The van der Waals surface area contributed by atoms with Gasteiger partial charge in [0.15, 0.2) is 6.10 Å². The number of carbonyl (C=O) groups is 3. The molecule has 27 heavy (non-hydrogen) atoms. The number of para-hydroxylation sites is 1. The summed E-state index contributed by atoms with van der Waals surface area (Å²) < 4.78 is 14.9. The molecule has 0 aromatic heterocycles. The number of ketones is 1. The minimum absolute atomic E-state index is 0.109. The standard InChI is InChI=1S/C20H19ClO6/c1-25-18(22)9-5-8-17(19(23)14-10-12-15(21)13-11-14)27-20(24)26-16-6-3-2-4-7-16/h2-4,6-7,10-13,17H,5,8-9H2,1H3. The number of hydrogen-bond acceptors (Lipinski definition) is 6. The minimum Gasteiger partial charge on any atom is -0.469 e. The highest BCUT2D eigenvalue weighted by Gasteiger charge is 2.25. The van der Waals surface area contributed by atoms with Gasteiger partial charge in [0.1, 0.15) is 5.75 Å². The highest BCUT2D eigenvalue weighted by atomic mass is 35.5. The van der Waals surface area contributed by atoms with Crippen LogP contribution < -0.4 is 4.74 Å². The zero-order chi connectivity index (χ0) is 19.6. The molecule has 1 unspecified atom stereocenters. The largest absolute Gasteiger partial charge is 0.514 e. The van der Waals surface area contributed by atoms with Gasteiger partial charge in [0.25, 0.3) is 0 Å². The number of halogens is 1. The Morgan fingerprint density at radius 2 is 1.67 bits per heavy atom. The monoisotopic (exact) mass is 390 g/mol. The van der Waals surface area contributed by atoms with Crippen LogP contribution in [0.4, 0.5) is 4.79 Å². The molecule has 0 fully saturated rings. The smallest absolute Gasteiger partial charge is 0.469 e. The molecule has 0 radical (unpaired) electrons. The third-order valence-corrected chi connectivity index (χ3v) is 3.93. The predicted molar refractivity (Wildman–Crippen MR) is 99.0 cm³/mol. The Bertz CT molecular complexity index is 773. The quantitative estimate of drug-likeness (QED) is 0.376. The Balaban J connectivity index is 2.05. The number of carbonyl (C=O) groups excluding carboxylic acids is 3. The van der Waals surface area contributed by atoms with Crippen molar-refractivity contribution in [2.75, 3.05) is 7.11 Å². The van der Waals surface area contributed by atoms with Gasteiger partial charge < -0.3 is 14.2 Å². The highest BCUT2D eigenvalue weighted by molar-refractivity contribution is 6.30. The first-order valence-electron chi connectivity index (χ1n) is 8.29. The van der Waals surface area contributed by atoms with E-state index in [4.69, 9.17) is 21.1 Å². The maximum atomic E-state index is 12.7. The minimum atomic E-state index is -1.09. The van der Waals surface area contributed by atoms with Crippen LogP contribution in [0.15, 0.2) is 54.6 Å². The Morgan fingerprint density at radius 1 is 1.00 bits per heavy atom. The number of esters is 1. The van der Waals surface area contributed by atoms with Crippen LogP contribution in [0, 0.1) is 0 Å². The van der Waals surface area contributed by atoms with Gasteiger partial charge in [-0.3, -0.25) is 9.59 Å². The van der Waals surface area contributed by atoms with Crippen LogP contribution in [0.2, 0.25) is 5.02 Å². The second-order valence-electron chi connectivity index (χ2n) is 5.61. The van der Waals surface area contributed by atoms with E-state index in [1.165, 1.54) is 7.11 Å². The molecule has 0 N–H and O–H groups in total. The fourth-order valence-corrected chi connectivity index (χ4v) is 2.43. The van der Waals surface area contributed by atoms with Crippen molar-refractivity contribution in [3.05, 3.63) is 65.2 Å². The van der Waals surface area contributed by atoms with E-state index in [0.717, 1.165) is 0 Å². The second-order valence-corrected chi connectivity index (χ2v) is 6.05. The Hall–Kier alpha value is -2.86. The third-order valence-electron chi connectivity index (χ3n) is 3.68. The average Bonchev–Trinajstić information content (AvgIpc) is 2.67. The Morgan fingerprint density at radius 3 is 2.30 bits per heavy atom. The van der Waals surface area contributed by atoms with E-state index in [0.29, 0.717) is 22.8 Å². The van der Waals surface area contributed by atoms with Gasteiger partial charge in [-0.1, -0.05) is 29.8 Å². The second kappa shape index (κ2) is 10.3. The van der Waals surface area contributed by atoms with Gasteiger partial charge in [0, 0.05) is 17.0 Å². The van der Waals surface area contributed by atoms with Crippen LogP contribution in [0.25, 0.3) is 0 Å². The SMILES string of the molecule is COC(=O)CCCC(OC(=O)Oc1ccccc1)C(=O)c1ccc(Cl)cc1. The van der Waals surface area contributed by atoms with Crippen molar-refractivity contribution in [3.63, 3.8) is 0 Å². The molecule has 0 aliphatic rings. The van der Waals surface area contributed by atoms with Gasteiger partial charge >= 0.3 is 12.1 Å². The van der Waals surface area contributed by atoms with E-state index in [1.807, 2.05) is 0 Å². The lowest BCUT2D eigenvalue weighted by Crippen LogP contribution is -2.29. The summed E-state index contributed by atoms with van der Waals surface area (Å²) in [6, 6.07) is 14.6. The number of methoxy groups -OCH3 is 1. The molecule has 1 atom stereocenters. The van der Waals surface area contributed by atoms with Gasteiger partial charge in [-0.25, -0.2) is 4.79 Å². The van der Waals surface area contributed by atoms with Gasteiger partial charge in [-0.05, 0) is 49.2 Å². The summed E-state index contributed by atoms with van der Waals surface area (Å²) in [5, 5.41) is 0.484. The summed E-state index contributed by atoms with van der Waals surface area (Å²) in [6.45, 7) is 0. The Kier molecular flexibility index (Phi) is 7.82. The predicted octanol–water partition coefficient (Wildman–Crippen LogP) is 4.45. The van der Waals surface area contributed by atoms with Gasteiger partial charge in [0.05, 0.1) is 7.11 Å². The van der Waals surface area contributed by atoms with Crippen molar-refractivity contribution in [1.82, 2.24) is 0 Å². The number of benzene rings is 2. The van der Waals surface area contributed by atoms with E-state index in [9.17, 15) is 14.4 Å². The van der Waals surface area contributed by atoms with Crippen molar-refractivity contribution < 1.29 is 28.6 Å². The van der Waals surface area contributed by atoms with E-state index in [1.54, 1.807) is 54.6 Å².